The second kappa shape index (κ2) is 5.68. The Morgan fingerprint density at radius 2 is 2.08 bits per heavy atom. The van der Waals surface area contributed by atoms with Gasteiger partial charge >= 0.3 is 0 Å². The molecule has 13 heavy (non-hydrogen) atoms. The number of rotatable bonds is 5. The molecule has 0 aromatic heterocycles. The zero-order valence-corrected chi connectivity index (χ0v) is 9.17. The molecule has 0 aliphatic carbocycles. The first-order valence-corrected chi connectivity index (χ1v) is 4.73. The van der Waals surface area contributed by atoms with Crippen molar-refractivity contribution in [2.45, 2.75) is 40.5 Å². The molecule has 0 heterocycles. The molecule has 0 unspecified atom stereocenters. The van der Waals surface area contributed by atoms with Crippen LogP contribution < -0.4 is 0 Å². The summed E-state index contributed by atoms with van der Waals surface area (Å²) in [7, 11) is 0. The Morgan fingerprint density at radius 3 is 2.46 bits per heavy atom. The van der Waals surface area contributed by atoms with Crippen LogP contribution in [0.2, 0.25) is 0 Å². The van der Waals surface area contributed by atoms with Gasteiger partial charge in [-0.1, -0.05) is 27.2 Å². The SMILES string of the molecule is C=N/C(=C\N=CC)C(C)(C)CCC. The standard InChI is InChI=1S/C11H20N2/c1-6-8-11(3,4)10(12-5)9-13-7-2/h7,9H,5-6,8H2,1-4H3/b10-9-,13-7?. The summed E-state index contributed by atoms with van der Waals surface area (Å²) < 4.78 is 0. The van der Waals surface area contributed by atoms with Crippen LogP contribution in [0.5, 0.6) is 0 Å². The van der Waals surface area contributed by atoms with Gasteiger partial charge in [0.1, 0.15) is 0 Å². The van der Waals surface area contributed by atoms with Gasteiger partial charge in [-0.2, -0.15) is 0 Å². The van der Waals surface area contributed by atoms with Crippen molar-refractivity contribution >= 4 is 12.9 Å². The first kappa shape index (κ1) is 12.1. The maximum atomic E-state index is 4.07. The largest absolute Gasteiger partial charge is 0.267 e. The Kier molecular flexibility index (Phi) is 5.28. The van der Waals surface area contributed by atoms with Gasteiger partial charge in [-0.3, -0.25) is 9.98 Å². The molecule has 2 nitrogen and oxygen atoms in total. The summed E-state index contributed by atoms with van der Waals surface area (Å²) in [6, 6.07) is 0. The Bertz CT molecular complexity index is 212. The van der Waals surface area contributed by atoms with Gasteiger partial charge in [0.2, 0.25) is 0 Å². The number of hydrogen-bond acceptors (Lipinski definition) is 2. The van der Waals surface area contributed by atoms with Crippen LogP contribution in [0.1, 0.15) is 40.5 Å². The molecular weight excluding hydrogens is 160 g/mol. The highest BCUT2D eigenvalue weighted by atomic mass is 14.8. The fourth-order valence-electron chi connectivity index (χ4n) is 1.33. The summed E-state index contributed by atoms with van der Waals surface area (Å²) in [6.07, 6.45) is 5.81. The van der Waals surface area contributed by atoms with Crippen molar-refractivity contribution in [2.24, 2.45) is 15.4 Å². The lowest BCUT2D eigenvalue weighted by Gasteiger charge is -2.23. The van der Waals surface area contributed by atoms with Crippen LogP contribution >= 0.6 is 0 Å². The van der Waals surface area contributed by atoms with Crippen molar-refractivity contribution in [2.75, 3.05) is 0 Å². The van der Waals surface area contributed by atoms with Gasteiger partial charge in [0, 0.05) is 17.8 Å². The van der Waals surface area contributed by atoms with Crippen molar-refractivity contribution in [3.05, 3.63) is 11.9 Å². The van der Waals surface area contributed by atoms with Crippen molar-refractivity contribution in [3.63, 3.8) is 0 Å². The lowest BCUT2D eigenvalue weighted by molar-refractivity contribution is 0.398. The fourth-order valence-corrected chi connectivity index (χ4v) is 1.33. The lowest BCUT2D eigenvalue weighted by Crippen LogP contribution is -2.12. The van der Waals surface area contributed by atoms with E-state index < -0.39 is 0 Å². The third-order valence-electron chi connectivity index (χ3n) is 2.08. The quantitative estimate of drug-likeness (QED) is 0.579. The molecular formula is C11H20N2. The molecule has 0 rings (SSSR count). The van der Waals surface area contributed by atoms with E-state index in [9.17, 15) is 0 Å². The molecule has 0 aromatic carbocycles. The summed E-state index contributed by atoms with van der Waals surface area (Å²) in [5, 5.41) is 0. The number of allylic oxidation sites excluding steroid dienone is 1. The molecule has 0 radical (unpaired) electrons. The monoisotopic (exact) mass is 180 g/mol. The van der Waals surface area contributed by atoms with E-state index in [4.69, 9.17) is 0 Å². The molecule has 0 amide bonds. The van der Waals surface area contributed by atoms with Crippen LogP contribution in [-0.2, 0) is 0 Å². The number of nitrogens with zero attached hydrogens (tertiary/aromatic N) is 2. The van der Waals surface area contributed by atoms with Gasteiger partial charge < -0.3 is 0 Å². The second-order valence-electron chi connectivity index (χ2n) is 3.71. The average molecular weight is 180 g/mol. The summed E-state index contributed by atoms with van der Waals surface area (Å²) in [5.74, 6) is 0. The summed E-state index contributed by atoms with van der Waals surface area (Å²) in [4.78, 5) is 8.08. The Labute approximate surface area is 81.5 Å². The predicted molar refractivity (Wildman–Crippen MR) is 60.5 cm³/mol. The van der Waals surface area contributed by atoms with E-state index in [-0.39, 0.29) is 5.41 Å². The van der Waals surface area contributed by atoms with Crippen molar-refractivity contribution in [1.29, 1.82) is 0 Å². The third-order valence-corrected chi connectivity index (χ3v) is 2.08. The molecule has 0 saturated heterocycles. The van der Waals surface area contributed by atoms with E-state index in [1.165, 1.54) is 0 Å². The third kappa shape index (κ3) is 4.02. The molecule has 74 valence electrons. The zero-order chi connectivity index (χ0) is 10.3. The predicted octanol–water partition coefficient (Wildman–Crippen LogP) is 3.45. The zero-order valence-electron chi connectivity index (χ0n) is 9.17. The molecule has 0 fully saturated rings. The van der Waals surface area contributed by atoms with E-state index in [2.05, 4.69) is 37.5 Å². The normalized spacial score (nSPS) is 13.7. The van der Waals surface area contributed by atoms with E-state index >= 15 is 0 Å². The molecule has 0 aliphatic rings. The Morgan fingerprint density at radius 1 is 1.46 bits per heavy atom. The van der Waals surface area contributed by atoms with Crippen LogP contribution in [-0.4, -0.2) is 12.9 Å². The van der Waals surface area contributed by atoms with Gasteiger partial charge in [0.15, 0.2) is 0 Å². The van der Waals surface area contributed by atoms with Crippen molar-refractivity contribution in [1.82, 2.24) is 0 Å². The molecule has 0 saturated carbocycles. The molecule has 0 aromatic rings. The van der Waals surface area contributed by atoms with E-state index in [0.717, 1.165) is 18.5 Å². The van der Waals surface area contributed by atoms with Crippen LogP contribution in [0.15, 0.2) is 21.9 Å². The average Bonchev–Trinajstić information content (AvgIpc) is 2.05. The van der Waals surface area contributed by atoms with Crippen LogP contribution in [0, 0.1) is 5.41 Å². The summed E-state index contributed by atoms with van der Waals surface area (Å²) in [5.41, 5.74) is 1.05. The van der Waals surface area contributed by atoms with E-state index in [1.807, 2.05) is 6.92 Å². The van der Waals surface area contributed by atoms with E-state index in [0.29, 0.717) is 0 Å². The van der Waals surface area contributed by atoms with Gasteiger partial charge in [-0.25, -0.2) is 0 Å². The molecule has 0 aliphatic heterocycles. The number of hydrogen-bond donors (Lipinski definition) is 0. The Hall–Kier alpha value is -0.920. The molecule has 0 spiro atoms. The van der Waals surface area contributed by atoms with Gasteiger partial charge in [0.25, 0.3) is 0 Å². The first-order chi connectivity index (χ1) is 6.08. The van der Waals surface area contributed by atoms with Crippen LogP contribution in [0.25, 0.3) is 0 Å². The van der Waals surface area contributed by atoms with Gasteiger partial charge in [0.05, 0.1) is 5.70 Å². The highest BCUT2D eigenvalue weighted by molar-refractivity contribution is 5.54. The number of aliphatic imine (C=N–C) groups is 2. The molecule has 0 bridgehead atoms. The minimum absolute atomic E-state index is 0.0863. The summed E-state index contributed by atoms with van der Waals surface area (Å²) >= 11 is 0. The van der Waals surface area contributed by atoms with Crippen molar-refractivity contribution < 1.29 is 0 Å². The molecule has 0 N–H and O–H groups in total. The van der Waals surface area contributed by atoms with Crippen molar-refractivity contribution in [3.8, 4) is 0 Å². The minimum Gasteiger partial charge on any atom is -0.267 e. The maximum Gasteiger partial charge on any atom is 0.0634 e. The highest BCUT2D eigenvalue weighted by Crippen LogP contribution is 2.31. The van der Waals surface area contributed by atoms with Crippen LogP contribution in [0.3, 0.4) is 0 Å². The fraction of sp³-hybridized carbons (Fsp3) is 0.636. The van der Waals surface area contributed by atoms with Crippen LogP contribution in [0.4, 0.5) is 0 Å². The van der Waals surface area contributed by atoms with Gasteiger partial charge in [-0.05, 0) is 20.1 Å². The first-order valence-electron chi connectivity index (χ1n) is 4.73. The van der Waals surface area contributed by atoms with E-state index in [1.54, 1.807) is 12.4 Å². The maximum absolute atomic E-state index is 4.07. The highest BCUT2D eigenvalue weighted by Gasteiger charge is 2.21. The Balaban J connectivity index is 4.64. The molecule has 2 heteroatoms. The molecule has 0 atom stereocenters. The second-order valence-corrected chi connectivity index (χ2v) is 3.71. The topological polar surface area (TPSA) is 24.7 Å². The lowest BCUT2D eigenvalue weighted by atomic mass is 9.85. The summed E-state index contributed by atoms with van der Waals surface area (Å²) in [6.45, 7) is 12.0. The smallest absolute Gasteiger partial charge is 0.0634 e. The van der Waals surface area contributed by atoms with Gasteiger partial charge in [-0.15, -0.1) is 0 Å². The minimum atomic E-state index is 0.0863.